The van der Waals surface area contributed by atoms with E-state index in [1.807, 2.05) is 0 Å². The van der Waals surface area contributed by atoms with Crippen molar-refractivity contribution in [1.82, 2.24) is 9.97 Å². The Bertz CT molecular complexity index is 389. The third kappa shape index (κ3) is 3.32. The molecule has 1 saturated carbocycles. The van der Waals surface area contributed by atoms with Crippen molar-refractivity contribution in [3.05, 3.63) is 11.9 Å². The molecule has 18 heavy (non-hydrogen) atoms. The summed E-state index contributed by atoms with van der Waals surface area (Å²) in [5, 5.41) is 0. The van der Waals surface area contributed by atoms with Crippen molar-refractivity contribution in [1.29, 1.82) is 0 Å². The Balaban J connectivity index is 2.12. The molecular formula is C13H22N4O. The Morgan fingerprint density at radius 1 is 1.28 bits per heavy atom. The standard InChI is InChI=1S/C13H22N4O/c1-9(2)13-15-11(17-14)8-12(16-13)18-10-6-4-3-5-7-10/h8-10H,3-7,14H2,1-2H3,(H,15,16,17). The van der Waals surface area contributed by atoms with Crippen LogP contribution in [0.5, 0.6) is 5.88 Å². The zero-order valence-corrected chi connectivity index (χ0v) is 11.1. The molecule has 0 amide bonds. The number of ether oxygens (including phenoxy) is 1. The summed E-state index contributed by atoms with van der Waals surface area (Å²) in [4.78, 5) is 8.76. The summed E-state index contributed by atoms with van der Waals surface area (Å²) < 4.78 is 5.94. The minimum atomic E-state index is 0.256. The minimum Gasteiger partial charge on any atom is -0.474 e. The topological polar surface area (TPSA) is 73.1 Å². The number of hydrogen-bond acceptors (Lipinski definition) is 5. The lowest BCUT2D eigenvalue weighted by Gasteiger charge is -2.22. The van der Waals surface area contributed by atoms with E-state index in [2.05, 4.69) is 29.2 Å². The maximum absolute atomic E-state index is 5.94. The molecule has 100 valence electrons. The van der Waals surface area contributed by atoms with Crippen LogP contribution in [0.15, 0.2) is 6.07 Å². The number of nitrogens with two attached hydrogens (primary N) is 1. The highest BCUT2D eigenvalue weighted by atomic mass is 16.5. The molecule has 1 aromatic heterocycles. The Labute approximate surface area is 108 Å². The van der Waals surface area contributed by atoms with Gasteiger partial charge in [-0.3, -0.25) is 0 Å². The van der Waals surface area contributed by atoms with Gasteiger partial charge >= 0.3 is 0 Å². The van der Waals surface area contributed by atoms with Crippen LogP contribution in [0.2, 0.25) is 0 Å². The zero-order valence-electron chi connectivity index (χ0n) is 11.1. The first kappa shape index (κ1) is 13.1. The van der Waals surface area contributed by atoms with Crippen molar-refractivity contribution < 1.29 is 4.74 Å². The lowest BCUT2D eigenvalue weighted by molar-refractivity contribution is 0.148. The van der Waals surface area contributed by atoms with E-state index in [9.17, 15) is 0 Å². The van der Waals surface area contributed by atoms with Gasteiger partial charge in [0.1, 0.15) is 17.7 Å². The van der Waals surface area contributed by atoms with E-state index in [0.717, 1.165) is 18.7 Å². The van der Waals surface area contributed by atoms with E-state index in [1.165, 1.54) is 19.3 Å². The molecule has 1 aliphatic rings. The van der Waals surface area contributed by atoms with Gasteiger partial charge in [-0.25, -0.2) is 10.8 Å². The van der Waals surface area contributed by atoms with Crippen LogP contribution < -0.4 is 16.0 Å². The number of hydrogen-bond donors (Lipinski definition) is 2. The lowest BCUT2D eigenvalue weighted by atomic mass is 9.98. The molecule has 0 atom stereocenters. The average Bonchev–Trinajstić information content (AvgIpc) is 2.39. The number of nitrogens with zero attached hydrogens (tertiary/aromatic N) is 2. The predicted molar refractivity (Wildman–Crippen MR) is 71.4 cm³/mol. The second kappa shape index (κ2) is 6.00. The van der Waals surface area contributed by atoms with Crippen molar-refractivity contribution in [2.75, 3.05) is 5.43 Å². The lowest BCUT2D eigenvalue weighted by Crippen LogP contribution is -2.21. The molecular weight excluding hydrogens is 228 g/mol. The van der Waals surface area contributed by atoms with Crippen LogP contribution in [0.3, 0.4) is 0 Å². The minimum absolute atomic E-state index is 0.256. The summed E-state index contributed by atoms with van der Waals surface area (Å²) in [5.41, 5.74) is 2.57. The Hall–Kier alpha value is -1.36. The molecule has 0 saturated heterocycles. The van der Waals surface area contributed by atoms with Crippen LogP contribution in [0.1, 0.15) is 57.7 Å². The largest absolute Gasteiger partial charge is 0.474 e. The van der Waals surface area contributed by atoms with E-state index in [-0.39, 0.29) is 5.92 Å². The molecule has 0 bridgehead atoms. The van der Waals surface area contributed by atoms with Gasteiger partial charge in [-0.05, 0) is 25.7 Å². The molecule has 5 heteroatoms. The highest BCUT2D eigenvalue weighted by molar-refractivity contribution is 5.37. The summed E-state index contributed by atoms with van der Waals surface area (Å²) in [6.45, 7) is 4.11. The fourth-order valence-corrected chi connectivity index (χ4v) is 2.19. The second-order valence-electron chi connectivity index (χ2n) is 5.13. The summed E-state index contributed by atoms with van der Waals surface area (Å²) in [7, 11) is 0. The molecule has 1 heterocycles. The van der Waals surface area contributed by atoms with Gasteiger partial charge in [-0.1, -0.05) is 20.3 Å². The molecule has 0 unspecified atom stereocenters. The predicted octanol–water partition coefficient (Wildman–Crippen LogP) is 2.60. The van der Waals surface area contributed by atoms with Crippen LogP contribution in [0.4, 0.5) is 5.82 Å². The van der Waals surface area contributed by atoms with Crippen molar-refractivity contribution >= 4 is 5.82 Å². The molecule has 1 aromatic rings. The van der Waals surface area contributed by atoms with Gasteiger partial charge in [0.15, 0.2) is 0 Å². The highest BCUT2D eigenvalue weighted by Gasteiger charge is 2.17. The molecule has 2 rings (SSSR count). The first-order valence-electron chi connectivity index (χ1n) is 6.71. The van der Waals surface area contributed by atoms with Crippen LogP contribution >= 0.6 is 0 Å². The smallest absolute Gasteiger partial charge is 0.219 e. The van der Waals surface area contributed by atoms with Crippen molar-refractivity contribution in [3.8, 4) is 5.88 Å². The number of aromatic nitrogens is 2. The zero-order chi connectivity index (χ0) is 13.0. The summed E-state index contributed by atoms with van der Waals surface area (Å²) in [5.74, 6) is 7.69. The Morgan fingerprint density at radius 3 is 2.61 bits per heavy atom. The van der Waals surface area contributed by atoms with E-state index >= 15 is 0 Å². The first-order valence-corrected chi connectivity index (χ1v) is 6.71. The van der Waals surface area contributed by atoms with Crippen LogP contribution in [0.25, 0.3) is 0 Å². The third-order valence-corrected chi connectivity index (χ3v) is 3.22. The normalized spacial score (nSPS) is 16.9. The van der Waals surface area contributed by atoms with Gasteiger partial charge in [-0.15, -0.1) is 0 Å². The molecule has 0 aromatic carbocycles. The van der Waals surface area contributed by atoms with E-state index in [0.29, 0.717) is 17.8 Å². The second-order valence-corrected chi connectivity index (χ2v) is 5.13. The average molecular weight is 250 g/mol. The van der Waals surface area contributed by atoms with Crippen LogP contribution in [-0.2, 0) is 0 Å². The Morgan fingerprint density at radius 2 is 2.00 bits per heavy atom. The van der Waals surface area contributed by atoms with Gasteiger partial charge in [0, 0.05) is 12.0 Å². The van der Waals surface area contributed by atoms with Gasteiger partial charge in [0.25, 0.3) is 0 Å². The summed E-state index contributed by atoms with van der Waals surface area (Å²) in [6, 6.07) is 1.76. The molecule has 0 aliphatic heterocycles. The molecule has 0 radical (unpaired) electrons. The summed E-state index contributed by atoms with van der Waals surface area (Å²) >= 11 is 0. The van der Waals surface area contributed by atoms with Gasteiger partial charge in [0.2, 0.25) is 5.88 Å². The maximum atomic E-state index is 5.94. The first-order chi connectivity index (χ1) is 8.69. The van der Waals surface area contributed by atoms with Crippen molar-refractivity contribution in [2.24, 2.45) is 5.84 Å². The quantitative estimate of drug-likeness (QED) is 0.634. The maximum Gasteiger partial charge on any atom is 0.219 e. The number of anilines is 1. The van der Waals surface area contributed by atoms with Crippen LogP contribution in [0, 0.1) is 0 Å². The van der Waals surface area contributed by atoms with E-state index < -0.39 is 0 Å². The SMILES string of the molecule is CC(C)c1nc(NN)cc(OC2CCCCC2)n1. The monoisotopic (exact) mass is 250 g/mol. The molecule has 0 spiro atoms. The Kier molecular flexibility index (Phi) is 4.36. The molecule has 1 fully saturated rings. The number of nitrogens with one attached hydrogen (secondary N) is 1. The third-order valence-electron chi connectivity index (χ3n) is 3.22. The van der Waals surface area contributed by atoms with Gasteiger partial charge in [-0.2, -0.15) is 4.98 Å². The fraction of sp³-hybridized carbons (Fsp3) is 0.692. The number of nitrogen functional groups attached to an aromatic ring is 1. The van der Waals surface area contributed by atoms with Crippen molar-refractivity contribution in [2.45, 2.75) is 58.0 Å². The number of hydrazine groups is 1. The molecule has 5 nitrogen and oxygen atoms in total. The van der Waals surface area contributed by atoms with Crippen molar-refractivity contribution in [3.63, 3.8) is 0 Å². The molecule has 3 N–H and O–H groups in total. The van der Waals surface area contributed by atoms with E-state index in [1.54, 1.807) is 6.07 Å². The number of rotatable bonds is 4. The fourth-order valence-electron chi connectivity index (χ4n) is 2.19. The van der Waals surface area contributed by atoms with E-state index in [4.69, 9.17) is 10.6 Å². The highest BCUT2D eigenvalue weighted by Crippen LogP contribution is 2.24. The molecule has 1 aliphatic carbocycles. The van der Waals surface area contributed by atoms with Crippen LogP contribution in [-0.4, -0.2) is 16.1 Å². The van der Waals surface area contributed by atoms with Gasteiger partial charge in [0.05, 0.1) is 0 Å². The van der Waals surface area contributed by atoms with Gasteiger partial charge < -0.3 is 10.2 Å². The summed E-state index contributed by atoms with van der Waals surface area (Å²) in [6.07, 6.45) is 6.33.